The van der Waals surface area contributed by atoms with Crippen molar-refractivity contribution < 1.29 is 4.74 Å². The number of hydrogen-bond acceptors (Lipinski definition) is 2. The van der Waals surface area contributed by atoms with Crippen LogP contribution in [0.3, 0.4) is 0 Å². The number of nitrogens with zero attached hydrogens (tertiary/aromatic N) is 1. The van der Waals surface area contributed by atoms with E-state index in [1.807, 2.05) is 24.4 Å². The van der Waals surface area contributed by atoms with E-state index in [1.165, 1.54) is 0 Å². The van der Waals surface area contributed by atoms with Gasteiger partial charge in [0.05, 0.1) is 6.61 Å². The van der Waals surface area contributed by atoms with Crippen molar-refractivity contribution in [2.24, 2.45) is 0 Å². The van der Waals surface area contributed by atoms with Gasteiger partial charge in [0.2, 0.25) is 0 Å². The first-order valence-corrected chi connectivity index (χ1v) is 5.77. The molecule has 1 heterocycles. The fraction of sp³-hybridized carbons (Fsp3) is 0.250. The van der Waals surface area contributed by atoms with Crippen molar-refractivity contribution in [2.75, 3.05) is 6.61 Å². The Kier molecular flexibility index (Phi) is 3.21. The second-order valence-electron chi connectivity index (χ2n) is 3.32. The maximum atomic E-state index is 5.66. The van der Waals surface area contributed by atoms with E-state index in [0.29, 0.717) is 0 Å². The third kappa shape index (κ3) is 2.12. The Morgan fingerprint density at radius 3 is 2.93 bits per heavy atom. The molecule has 0 bridgehead atoms. The summed E-state index contributed by atoms with van der Waals surface area (Å²) in [5, 5.41) is 2.19. The molecule has 2 aromatic rings. The predicted octanol–water partition coefficient (Wildman–Crippen LogP) is 3.79. The number of pyridine rings is 1. The highest BCUT2D eigenvalue weighted by Gasteiger charge is 2.04. The Bertz CT molecular complexity index is 470. The average molecular weight is 266 g/mol. The lowest BCUT2D eigenvalue weighted by Crippen LogP contribution is -1.95. The molecule has 0 saturated carbocycles. The predicted molar refractivity (Wildman–Crippen MR) is 65.2 cm³/mol. The summed E-state index contributed by atoms with van der Waals surface area (Å²) in [6.07, 6.45) is 4.64. The molecule has 15 heavy (non-hydrogen) atoms. The zero-order valence-corrected chi connectivity index (χ0v) is 10.1. The zero-order valence-electron chi connectivity index (χ0n) is 8.53. The molecule has 0 N–H and O–H groups in total. The Hall–Kier alpha value is -1.09. The van der Waals surface area contributed by atoms with Crippen LogP contribution < -0.4 is 4.74 Å². The van der Waals surface area contributed by atoms with Crippen molar-refractivity contribution in [2.45, 2.75) is 13.3 Å². The Labute approximate surface area is 97.4 Å². The molecule has 0 fully saturated rings. The summed E-state index contributed by atoms with van der Waals surface area (Å²) in [5.41, 5.74) is 0. The Balaban J connectivity index is 2.51. The number of halogens is 1. The molecule has 0 saturated heterocycles. The number of fused-ring (bicyclic) bond motifs is 1. The first kappa shape index (κ1) is 10.4. The van der Waals surface area contributed by atoms with E-state index in [4.69, 9.17) is 4.74 Å². The molecular weight excluding hydrogens is 254 g/mol. The smallest absolute Gasteiger partial charge is 0.128 e. The molecule has 2 rings (SSSR count). The van der Waals surface area contributed by atoms with Crippen LogP contribution in [0.15, 0.2) is 35.1 Å². The van der Waals surface area contributed by atoms with E-state index in [0.717, 1.165) is 34.0 Å². The van der Waals surface area contributed by atoms with Gasteiger partial charge in [-0.2, -0.15) is 0 Å². The van der Waals surface area contributed by atoms with E-state index in [9.17, 15) is 0 Å². The average Bonchev–Trinajstić information content (AvgIpc) is 2.29. The summed E-state index contributed by atoms with van der Waals surface area (Å²) in [6, 6.07) is 5.97. The van der Waals surface area contributed by atoms with Crippen molar-refractivity contribution in [3.05, 3.63) is 35.1 Å². The quantitative estimate of drug-likeness (QED) is 0.843. The molecule has 0 unspecified atom stereocenters. The summed E-state index contributed by atoms with van der Waals surface area (Å²) >= 11 is 3.52. The van der Waals surface area contributed by atoms with E-state index >= 15 is 0 Å². The van der Waals surface area contributed by atoms with Crippen molar-refractivity contribution in [3.8, 4) is 5.75 Å². The zero-order chi connectivity index (χ0) is 10.7. The minimum atomic E-state index is 0.742. The van der Waals surface area contributed by atoms with Crippen molar-refractivity contribution in [1.82, 2.24) is 4.98 Å². The number of aromatic nitrogens is 1. The molecule has 78 valence electrons. The maximum Gasteiger partial charge on any atom is 0.128 e. The van der Waals surface area contributed by atoms with Crippen molar-refractivity contribution in [1.29, 1.82) is 0 Å². The summed E-state index contributed by atoms with van der Waals surface area (Å²) in [6.45, 7) is 2.84. The van der Waals surface area contributed by atoms with Crippen LogP contribution in [-0.4, -0.2) is 11.6 Å². The highest BCUT2D eigenvalue weighted by atomic mass is 79.9. The third-order valence-electron chi connectivity index (χ3n) is 2.19. The van der Waals surface area contributed by atoms with Gasteiger partial charge in [-0.05, 0) is 24.6 Å². The summed E-state index contributed by atoms with van der Waals surface area (Å²) < 4.78 is 6.74. The van der Waals surface area contributed by atoms with Gasteiger partial charge in [0.1, 0.15) is 5.75 Å². The first-order valence-electron chi connectivity index (χ1n) is 4.98. The Morgan fingerprint density at radius 1 is 1.27 bits per heavy atom. The minimum Gasteiger partial charge on any atom is -0.493 e. The van der Waals surface area contributed by atoms with Crippen LogP contribution in [0.2, 0.25) is 0 Å². The summed E-state index contributed by atoms with van der Waals surface area (Å²) in [4.78, 5) is 4.12. The minimum absolute atomic E-state index is 0.742. The van der Waals surface area contributed by atoms with Crippen LogP contribution in [0, 0.1) is 0 Å². The van der Waals surface area contributed by atoms with Gasteiger partial charge >= 0.3 is 0 Å². The largest absolute Gasteiger partial charge is 0.493 e. The van der Waals surface area contributed by atoms with E-state index in [-0.39, 0.29) is 0 Å². The van der Waals surface area contributed by atoms with Gasteiger partial charge < -0.3 is 4.74 Å². The molecule has 0 spiro atoms. The van der Waals surface area contributed by atoms with E-state index in [2.05, 4.69) is 27.8 Å². The van der Waals surface area contributed by atoms with Crippen LogP contribution in [0.5, 0.6) is 5.75 Å². The van der Waals surface area contributed by atoms with Crippen LogP contribution in [0.4, 0.5) is 0 Å². The van der Waals surface area contributed by atoms with Crippen molar-refractivity contribution >= 4 is 26.7 Å². The topological polar surface area (TPSA) is 22.1 Å². The molecular formula is C12H12BrNO. The molecule has 0 aliphatic heterocycles. The van der Waals surface area contributed by atoms with E-state index in [1.54, 1.807) is 6.20 Å². The standard InChI is InChI=1S/C12H12BrNO/c1-2-7-15-12-4-3-11(13)9-5-6-14-8-10(9)12/h3-6,8H,2,7H2,1H3. The van der Waals surface area contributed by atoms with Gasteiger partial charge in [-0.1, -0.05) is 22.9 Å². The fourth-order valence-corrected chi connectivity index (χ4v) is 1.94. The highest BCUT2D eigenvalue weighted by molar-refractivity contribution is 9.10. The molecule has 0 aliphatic rings. The molecule has 0 atom stereocenters. The lowest BCUT2D eigenvalue weighted by molar-refractivity contribution is 0.321. The van der Waals surface area contributed by atoms with Crippen LogP contribution in [0.1, 0.15) is 13.3 Å². The number of benzene rings is 1. The van der Waals surface area contributed by atoms with Crippen LogP contribution in [0.25, 0.3) is 10.8 Å². The normalized spacial score (nSPS) is 10.5. The van der Waals surface area contributed by atoms with Crippen LogP contribution in [-0.2, 0) is 0 Å². The third-order valence-corrected chi connectivity index (χ3v) is 2.88. The second-order valence-corrected chi connectivity index (χ2v) is 4.17. The number of ether oxygens (including phenoxy) is 1. The monoisotopic (exact) mass is 265 g/mol. The molecule has 1 aromatic heterocycles. The molecule has 0 aliphatic carbocycles. The van der Waals surface area contributed by atoms with Gasteiger partial charge in [-0.3, -0.25) is 4.98 Å². The lowest BCUT2D eigenvalue weighted by atomic mass is 10.1. The van der Waals surface area contributed by atoms with Crippen molar-refractivity contribution in [3.63, 3.8) is 0 Å². The lowest BCUT2D eigenvalue weighted by Gasteiger charge is -2.08. The van der Waals surface area contributed by atoms with E-state index < -0.39 is 0 Å². The SMILES string of the molecule is CCCOc1ccc(Br)c2ccncc12. The first-order chi connectivity index (χ1) is 7.33. The highest BCUT2D eigenvalue weighted by Crippen LogP contribution is 2.30. The maximum absolute atomic E-state index is 5.66. The molecule has 2 nitrogen and oxygen atoms in total. The summed E-state index contributed by atoms with van der Waals surface area (Å²) in [5.74, 6) is 0.906. The van der Waals surface area contributed by atoms with Gasteiger partial charge in [-0.15, -0.1) is 0 Å². The summed E-state index contributed by atoms with van der Waals surface area (Å²) in [7, 11) is 0. The number of hydrogen-bond donors (Lipinski definition) is 0. The number of rotatable bonds is 3. The molecule has 3 heteroatoms. The second kappa shape index (κ2) is 4.62. The molecule has 0 amide bonds. The van der Waals surface area contributed by atoms with Gasteiger partial charge in [0.25, 0.3) is 0 Å². The molecule has 0 radical (unpaired) electrons. The fourth-order valence-electron chi connectivity index (χ4n) is 1.47. The molecule has 1 aromatic carbocycles. The van der Waals surface area contributed by atoms with Crippen LogP contribution >= 0.6 is 15.9 Å². The Morgan fingerprint density at radius 2 is 2.13 bits per heavy atom. The van der Waals surface area contributed by atoms with Gasteiger partial charge in [0.15, 0.2) is 0 Å². The van der Waals surface area contributed by atoms with Gasteiger partial charge in [0, 0.05) is 27.6 Å². The van der Waals surface area contributed by atoms with Gasteiger partial charge in [-0.25, -0.2) is 0 Å².